The molecular formula is C12H24N2. The number of piperazine rings is 1. The van der Waals surface area contributed by atoms with E-state index < -0.39 is 0 Å². The van der Waals surface area contributed by atoms with Crippen LogP contribution in [0.15, 0.2) is 0 Å². The third-order valence-corrected chi connectivity index (χ3v) is 4.15. The molecule has 3 unspecified atom stereocenters. The monoisotopic (exact) mass is 196 g/mol. The molecule has 2 rings (SSSR count). The molecule has 2 fully saturated rings. The summed E-state index contributed by atoms with van der Waals surface area (Å²) in [5.74, 6) is 0. The second-order valence-corrected chi connectivity index (χ2v) is 5.29. The molecule has 0 aromatic carbocycles. The Morgan fingerprint density at radius 1 is 1.07 bits per heavy atom. The molecular weight excluding hydrogens is 172 g/mol. The lowest BCUT2D eigenvalue weighted by atomic mass is 10.1. The van der Waals surface area contributed by atoms with Crippen LogP contribution in [0.25, 0.3) is 0 Å². The molecule has 2 aliphatic heterocycles. The van der Waals surface area contributed by atoms with E-state index >= 15 is 0 Å². The first kappa shape index (κ1) is 10.4. The van der Waals surface area contributed by atoms with E-state index in [2.05, 4.69) is 37.5 Å². The maximum Gasteiger partial charge on any atom is 0.0242 e. The topological polar surface area (TPSA) is 6.48 Å². The van der Waals surface area contributed by atoms with E-state index in [1.165, 1.54) is 25.9 Å². The smallest absolute Gasteiger partial charge is 0.0242 e. The van der Waals surface area contributed by atoms with Crippen molar-refractivity contribution < 1.29 is 0 Å². The van der Waals surface area contributed by atoms with Crippen LogP contribution in [-0.2, 0) is 0 Å². The zero-order valence-corrected chi connectivity index (χ0v) is 10.0. The van der Waals surface area contributed by atoms with E-state index in [1.54, 1.807) is 0 Å². The van der Waals surface area contributed by atoms with Crippen molar-refractivity contribution >= 4 is 0 Å². The minimum absolute atomic E-state index is 0.740. The lowest BCUT2D eigenvalue weighted by molar-refractivity contribution is 0.0785. The summed E-state index contributed by atoms with van der Waals surface area (Å²) in [7, 11) is 0. The number of fused-ring (bicyclic) bond motifs is 2. The molecule has 2 heterocycles. The van der Waals surface area contributed by atoms with E-state index in [4.69, 9.17) is 0 Å². The fourth-order valence-electron chi connectivity index (χ4n) is 3.14. The first-order valence-electron chi connectivity index (χ1n) is 6.15. The van der Waals surface area contributed by atoms with Gasteiger partial charge in [-0.3, -0.25) is 9.80 Å². The Kier molecular flexibility index (Phi) is 2.85. The Morgan fingerprint density at radius 2 is 1.64 bits per heavy atom. The largest absolute Gasteiger partial charge is 0.295 e. The highest BCUT2D eigenvalue weighted by Gasteiger charge is 2.44. The van der Waals surface area contributed by atoms with Gasteiger partial charge in [0.05, 0.1) is 0 Å². The van der Waals surface area contributed by atoms with Crippen LogP contribution in [0.1, 0.15) is 40.5 Å². The van der Waals surface area contributed by atoms with Gasteiger partial charge in [0, 0.05) is 37.3 Å². The van der Waals surface area contributed by atoms with Gasteiger partial charge in [0.2, 0.25) is 0 Å². The minimum atomic E-state index is 0.740. The predicted octanol–water partition coefficient (Wildman–Crippen LogP) is 1.95. The Hall–Kier alpha value is -0.0800. The van der Waals surface area contributed by atoms with Crippen LogP contribution in [0.5, 0.6) is 0 Å². The highest BCUT2D eigenvalue weighted by molar-refractivity contribution is 5.01. The summed E-state index contributed by atoms with van der Waals surface area (Å²) in [6, 6.07) is 3.25. The number of nitrogens with zero attached hydrogens (tertiary/aromatic N) is 2. The van der Waals surface area contributed by atoms with E-state index in [-0.39, 0.29) is 0 Å². The lowest BCUT2D eigenvalue weighted by Gasteiger charge is -2.39. The Morgan fingerprint density at radius 3 is 2.07 bits per heavy atom. The Bertz CT molecular complexity index is 202. The molecule has 3 atom stereocenters. The van der Waals surface area contributed by atoms with E-state index in [1.807, 2.05) is 0 Å². The van der Waals surface area contributed by atoms with E-state index in [0.29, 0.717) is 0 Å². The van der Waals surface area contributed by atoms with Crippen LogP contribution in [0.3, 0.4) is 0 Å². The van der Waals surface area contributed by atoms with Crippen LogP contribution in [0.4, 0.5) is 0 Å². The molecule has 2 nitrogen and oxygen atoms in total. The van der Waals surface area contributed by atoms with Gasteiger partial charge < -0.3 is 0 Å². The van der Waals surface area contributed by atoms with E-state index in [9.17, 15) is 0 Å². The second-order valence-electron chi connectivity index (χ2n) is 5.29. The van der Waals surface area contributed by atoms with Crippen LogP contribution in [-0.4, -0.2) is 47.1 Å². The molecule has 2 aliphatic rings. The van der Waals surface area contributed by atoms with Gasteiger partial charge in [-0.1, -0.05) is 6.92 Å². The van der Waals surface area contributed by atoms with Crippen molar-refractivity contribution in [2.75, 3.05) is 13.1 Å². The van der Waals surface area contributed by atoms with Crippen molar-refractivity contribution in [3.63, 3.8) is 0 Å². The maximum atomic E-state index is 2.73. The van der Waals surface area contributed by atoms with Gasteiger partial charge in [-0.15, -0.1) is 0 Å². The summed E-state index contributed by atoms with van der Waals surface area (Å²) < 4.78 is 0. The predicted molar refractivity (Wildman–Crippen MR) is 60.5 cm³/mol. The van der Waals surface area contributed by atoms with E-state index in [0.717, 1.165) is 24.2 Å². The van der Waals surface area contributed by atoms with Crippen LogP contribution in [0.2, 0.25) is 0 Å². The van der Waals surface area contributed by atoms with Gasteiger partial charge >= 0.3 is 0 Å². The van der Waals surface area contributed by atoms with Crippen molar-refractivity contribution in [3.05, 3.63) is 0 Å². The molecule has 0 amide bonds. The number of likely N-dealkylation sites (tertiary alicyclic amines) is 2. The number of hydrogen-bond acceptors (Lipinski definition) is 2. The van der Waals surface area contributed by atoms with Crippen LogP contribution in [0, 0.1) is 0 Å². The molecule has 0 aliphatic carbocycles. The molecule has 0 aromatic heterocycles. The average Bonchev–Trinajstić information content (AvgIpc) is 2.74. The molecule has 2 bridgehead atoms. The molecule has 2 heteroatoms. The fraction of sp³-hybridized carbons (Fsp3) is 1.00. The molecule has 0 radical (unpaired) electrons. The highest BCUT2D eigenvalue weighted by atomic mass is 15.4. The highest BCUT2D eigenvalue weighted by Crippen LogP contribution is 2.33. The SMILES string of the molecule is CCC(C)N1CC2CC1CN2C(C)C. The first-order valence-corrected chi connectivity index (χ1v) is 6.15. The van der Waals surface area contributed by atoms with Gasteiger partial charge in [-0.2, -0.15) is 0 Å². The lowest BCUT2D eigenvalue weighted by Crippen LogP contribution is -2.51. The Labute approximate surface area is 88.3 Å². The zero-order valence-electron chi connectivity index (χ0n) is 10.0. The third-order valence-electron chi connectivity index (χ3n) is 4.15. The molecule has 82 valence electrons. The minimum Gasteiger partial charge on any atom is -0.295 e. The standard InChI is InChI=1S/C12H24N2/c1-5-10(4)14-8-11-6-12(14)7-13(11)9(2)3/h9-12H,5-8H2,1-4H3. The normalized spacial score (nSPS) is 35.8. The summed E-state index contributed by atoms with van der Waals surface area (Å²) in [6.07, 6.45) is 2.72. The first-order chi connectivity index (χ1) is 6.63. The molecule has 0 saturated carbocycles. The Balaban J connectivity index is 1.96. The number of rotatable bonds is 3. The van der Waals surface area contributed by atoms with Crippen molar-refractivity contribution in [1.29, 1.82) is 0 Å². The number of hydrogen-bond donors (Lipinski definition) is 0. The van der Waals surface area contributed by atoms with Gasteiger partial charge in [-0.05, 0) is 33.6 Å². The summed E-state index contributed by atoms with van der Waals surface area (Å²) in [5.41, 5.74) is 0. The van der Waals surface area contributed by atoms with Crippen LogP contribution < -0.4 is 0 Å². The van der Waals surface area contributed by atoms with Crippen molar-refractivity contribution in [1.82, 2.24) is 9.80 Å². The van der Waals surface area contributed by atoms with Gasteiger partial charge in [0.25, 0.3) is 0 Å². The van der Waals surface area contributed by atoms with Gasteiger partial charge in [0.1, 0.15) is 0 Å². The molecule has 0 N–H and O–H groups in total. The second kappa shape index (κ2) is 3.82. The molecule has 2 saturated heterocycles. The summed E-state index contributed by atoms with van der Waals surface area (Å²) in [4.78, 5) is 5.41. The van der Waals surface area contributed by atoms with Crippen molar-refractivity contribution in [3.8, 4) is 0 Å². The summed E-state index contributed by atoms with van der Waals surface area (Å²) in [5, 5.41) is 0. The zero-order chi connectivity index (χ0) is 10.3. The maximum absolute atomic E-state index is 2.73. The molecule has 14 heavy (non-hydrogen) atoms. The van der Waals surface area contributed by atoms with Crippen LogP contribution >= 0.6 is 0 Å². The van der Waals surface area contributed by atoms with Crippen molar-refractivity contribution in [2.45, 2.75) is 64.7 Å². The third kappa shape index (κ3) is 1.59. The quantitative estimate of drug-likeness (QED) is 0.681. The summed E-state index contributed by atoms with van der Waals surface area (Å²) >= 11 is 0. The fourth-order valence-corrected chi connectivity index (χ4v) is 3.14. The van der Waals surface area contributed by atoms with Crippen molar-refractivity contribution in [2.24, 2.45) is 0 Å². The van der Waals surface area contributed by atoms with Gasteiger partial charge in [-0.25, -0.2) is 0 Å². The molecule has 0 aromatic rings. The summed E-state index contributed by atoms with van der Waals surface area (Å²) in [6.45, 7) is 12.0. The van der Waals surface area contributed by atoms with Gasteiger partial charge in [0.15, 0.2) is 0 Å². The molecule has 0 spiro atoms. The average molecular weight is 196 g/mol.